The largest absolute Gasteiger partial charge is 0.383 e. The molecule has 1 unspecified atom stereocenters. The standard InChI is InChI=1S/C15H14N2O2S/c1-15(19,13-6-3-7-20-13)10-17-14(18)12-5-2-4-11(8-12)9-16/h2-8,19H,10H2,1H3,(H,17,18). The van der Waals surface area contributed by atoms with Gasteiger partial charge < -0.3 is 10.4 Å². The minimum absolute atomic E-state index is 0.114. The molecule has 5 heteroatoms. The van der Waals surface area contributed by atoms with Crippen molar-refractivity contribution in [1.82, 2.24) is 5.32 Å². The molecule has 0 bridgehead atoms. The molecule has 2 N–H and O–H groups in total. The maximum atomic E-state index is 12.0. The first-order valence-corrected chi connectivity index (χ1v) is 6.95. The second-order valence-electron chi connectivity index (χ2n) is 4.63. The Balaban J connectivity index is 2.04. The average Bonchev–Trinajstić information content (AvgIpc) is 3.00. The molecule has 102 valence electrons. The highest BCUT2D eigenvalue weighted by Gasteiger charge is 2.25. The van der Waals surface area contributed by atoms with Gasteiger partial charge in [0.25, 0.3) is 5.91 Å². The SMILES string of the molecule is CC(O)(CNC(=O)c1cccc(C#N)c1)c1cccs1. The van der Waals surface area contributed by atoms with Crippen molar-refractivity contribution in [2.75, 3.05) is 6.54 Å². The van der Waals surface area contributed by atoms with Crippen LogP contribution in [0.5, 0.6) is 0 Å². The molecule has 2 rings (SSSR count). The van der Waals surface area contributed by atoms with Gasteiger partial charge in [0.1, 0.15) is 5.60 Å². The maximum Gasteiger partial charge on any atom is 0.251 e. The van der Waals surface area contributed by atoms with E-state index in [0.29, 0.717) is 11.1 Å². The molecule has 1 aromatic heterocycles. The van der Waals surface area contributed by atoms with Crippen molar-refractivity contribution in [3.63, 3.8) is 0 Å². The summed E-state index contributed by atoms with van der Waals surface area (Å²) >= 11 is 1.44. The van der Waals surface area contributed by atoms with Crippen molar-refractivity contribution in [1.29, 1.82) is 5.26 Å². The lowest BCUT2D eigenvalue weighted by Crippen LogP contribution is -2.38. The lowest BCUT2D eigenvalue weighted by molar-refractivity contribution is 0.0557. The summed E-state index contributed by atoms with van der Waals surface area (Å²) in [6, 6.07) is 12.1. The van der Waals surface area contributed by atoms with Gasteiger partial charge in [0.05, 0.1) is 18.2 Å². The predicted octanol–water partition coefficient (Wildman–Crippen LogP) is 2.26. The number of hydrogen-bond acceptors (Lipinski definition) is 4. The number of amides is 1. The van der Waals surface area contributed by atoms with Crippen molar-refractivity contribution in [2.45, 2.75) is 12.5 Å². The summed E-state index contributed by atoms with van der Waals surface area (Å²) in [4.78, 5) is 12.8. The van der Waals surface area contributed by atoms with Crippen LogP contribution in [0.1, 0.15) is 27.7 Å². The summed E-state index contributed by atoms with van der Waals surface area (Å²) in [5.41, 5.74) is -0.259. The lowest BCUT2D eigenvalue weighted by Gasteiger charge is -2.22. The Kier molecular flexibility index (Phi) is 4.18. The van der Waals surface area contributed by atoms with Gasteiger partial charge in [-0.2, -0.15) is 5.26 Å². The van der Waals surface area contributed by atoms with Crippen LogP contribution in [0.25, 0.3) is 0 Å². The first-order valence-electron chi connectivity index (χ1n) is 6.07. The zero-order chi connectivity index (χ0) is 14.6. The number of hydrogen-bond donors (Lipinski definition) is 2. The van der Waals surface area contributed by atoms with E-state index in [1.54, 1.807) is 25.1 Å². The van der Waals surface area contributed by atoms with Gasteiger partial charge in [-0.15, -0.1) is 11.3 Å². The number of nitriles is 1. The van der Waals surface area contributed by atoms with Crippen molar-refractivity contribution in [3.05, 3.63) is 57.8 Å². The number of carbonyl (C=O) groups is 1. The Morgan fingerprint density at radius 1 is 1.45 bits per heavy atom. The third-order valence-corrected chi connectivity index (χ3v) is 4.02. The van der Waals surface area contributed by atoms with Crippen LogP contribution in [0.15, 0.2) is 41.8 Å². The molecule has 1 aromatic carbocycles. The first-order chi connectivity index (χ1) is 9.53. The van der Waals surface area contributed by atoms with E-state index >= 15 is 0 Å². The van der Waals surface area contributed by atoms with Crippen molar-refractivity contribution < 1.29 is 9.90 Å². The van der Waals surface area contributed by atoms with E-state index in [1.165, 1.54) is 17.4 Å². The van der Waals surface area contributed by atoms with Crippen LogP contribution in [-0.2, 0) is 5.60 Å². The van der Waals surface area contributed by atoms with Gasteiger partial charge in [-0.25, -0.2) is 0 Å². The molecule has 20 heavy (non-hydrogen) atoms. The van der Waals surface area contributed by atoms with E-state index in [1.807, 2.05) is 23.6 Å². The van der Waals surface area contributed by atoms with E-state index < -0.39 is 5.60 Å². The molecule has 2 aromatic rings. The number of carbonyl (C=O) groups excluding carboxylic acids is 1. The summed E-state index contributed by atoms with van der Waals surface area (Å²) in [5.74, 6) is -0.307. The second-order valence-corrected chi connectivity index (χ2v) is 5.57. The van der Waals surface area contributed by atoms with E-state index in [-0.39, 0.29) is 12.5 Å². The molecular weight excluding hydrogens is 272 g/mol. The molecular formula is C15H14N2O2S. The van der Waals surface area contributed by atoms with E-state index in [2.05, 4.69) is 5.32 Å². The fourth-order valence-electron chi connectivity index (χ4n) is 1.76. The van der Waals surface area contributed by atoms with Gasteiger partial charge >= 0.3 is 0 Å². The Bertz CT molecular complexity index is 642. The van der Waals surface area contributed by atoms with Crippen molar-refractivity contribution in [2.24, 2.45) is 0 Å². The van der Waals surface area contributed by atoms with Crippen LogP contribution in [0.4, 0.5) is 0 Å². The van der Waals surface area contributed by atoms with Gasteiger partial charge in [-0.1, -0.05) is 12.1 Å². The Morgan fingerprint density at radius 3 is 2.90 bits per heavy atom. The molecule has 0 spiro atoms. The Morgan fingerprint density at radius 2 is 2.25 bits per heavy atom. The number of thiophene rings is 1. The van der Waals surface area contributed by atoms with Gasteiger partial charge in [0.15, 0.2) is 0 Å². The smallest absolute Gasteiger partial charge is 0.251 e. The second kappa shape index (κ2) is 5.87. The summed E-state index contributed by atoms with van der Waals surface area (Å²) in [6.45, 7) is 1.77. The monoisotopic (exact) mass is 286 g/mol. The first kappa shape index (κ1) is 14.3. The Hall–Kier alpha value is -2.16. The molecule has 0 aliphatic rings. The molecule has 0 aliphatic carbocycles. The van der Waals surface area contributed by atoms with Crippen molar-refractivity contribution in [3.8, 4) is 6.07 Å². The van der Waals surface area contributed by atoms with Crippen LogP contribution < -0.4 is 5.32 Å². The summed E-state index contributed by atoms with van der Waals surface area (Å²) in [5, 5.41) is 23.7. The molecule has 0 aliphatic heterocycles. The number of benzene rings is 1. The van der Waals surface area contributed by atoms with Gasteiger partial charge in [0.2, 0.25) is 0 Å². The Labute approximate surface area is 121 Å². The molecule has 0 fully saturated rings. The number of nitrogens with zero attached hydrogens (tertiary/aromatic N) is 1. The van der Waals surface area contributed by atoms with E-state index in [0.717, 1.165) is 4.88 Å². The van der Waals surface area contributed by atoms with Crippen LogP contribution in [-0.4, -0.2) is 17.6 Å². The van der Waals surface area contributed by atoms with Crippen LogP contribution in [0.2, 0.25) is 0 Å². The minimum Gasteiger partial charge on any atom is -0.383 e. The summed E-state index contributed by atoms with van der Waals surface area (Å²) in [6.07, 6.45) is 0. The predicted molar refractivity (Wildman–Crippen MR) is 77.4 cm³/mol. The highest BCUT2D eigenvalue weighted by molar-refractivity contribution is 7.10. The molecule has 4 nitrogen and oxygen atoms in total. The number of nitrogens with one attached hydrogen (secondary N) is 1. The topological polar surface area (TPSA) is 73.1 Å². The fraction of sp³-hybridized carbons (Fsp3) is 0.200. The molecule has 1 heterocycles. The third kappa shape index (κ3) is 3.23. The molecule has 0 saturated carbocycles. The van der Waals surface area contributed by atoms with Crippen LogP contribution in [0, 0.1) is 11.3 Å². The lowest BCUT2D eigenvalue weighted by atomic mass is 10.0. The summed E-state index contributed by atoms with van der Waals surface area (Å²) < 4.78 is 0. The number of aliphatic hydroxyl groups is 1. The average molecular weight is 286 g/mol. The molecule has 1 amide bonds. The highest BCUT2D eigenvalue weighted by Crippen LogP contribution is 2.24. The fourth-order valence-corrected chi connectivity index (χ4v) is 2.54. The van der Waals surface area contributed by atoms with E-state index in [4.69, 9.17) is 5.26 Å². The number of rotatable bonds is 4. The van der Waals surface area contributed by atoms with Gasteiger partial charge in [-0.05, 0) is 36.6 Å². The highest BCUT2D eigenvalue weighted by atomic mass is 32.1. The summed E-state index contributed by atoms with van der Waals surface area (Å²) in [7, 11) is 0. The molecule has 0 radical (unpaired) electrons. The van der Waals surface area contributed by atoms with Crippen LogP contribution in [0.3, 0.4) is 0 Å². The zero-order valence-electron chi connectivity index (χ0n) is 11.0. The molecule has 1 atom stereocenters. The van der Waals surface area contributed by atoms with Gasteiger partial charge in [-0.3, -0.25) is 4.79 Å². The zero-order valence-corrected chi connectivity index (χ0v) is 11.8. The van der Waals surface area contributed by atoms with E-state index in [9.17, 15) is 9.90 Å². The minimum atomic E-state index is -1.10. The third-order valence-electron chi connectivity index (χ3n) is 2.90. The quantitative estimate of drug-likeness (QED) is 0.905. The molecule has 0 saturated heterocycles. The van der Waals surface area contributed by atoms with Gasteiger partial charge in [0, 0.05) is 10.4 Å². The van der Waals surface area contributed by atoms with Crippen molar-refractivity contribution >= 4 is 17.2 Å². The normalized spacial score (nSPS) is 13.2. The maximum absolute atomic E-state index is 12.0. The van der Waals surface area contributed by atoms with Crippen LogP contribution >= 0.6 is 11.3 Å².